The SMILES string of the molecule is CN/C=C(/C#N)C(=O)NCCN1CCNCC1. The van der Waals surface area contributed by atoms with Crippen molar-refractivity contribution in [2.75, 3.05) is 46.3 Å². The van der Waals surface area contributed by atoms with Crippen molar-refractivity contribution in [3.63, 3.8) is 0 Å². The van der Waals surface area contributed by atoms with Gasteiger partial charge in [-0.15, -0.1) is 0 Å². The number of piperazine rings is 1. The normalized spacial score (nSPS) is 17.3. The lowest BCUT2D eigenvalue weighted by Gasteiger charge is -2.27. The summed E-state index contributed by atoms with van der Waals surface area (Å²) in [6, 6.07) is 1.85. The third-order valence-corrected chi connectivity index (χ3v) is 2.58. The number of nitrogens with one attached hydrogen (secondary N) is 3. The summed E-state index contributed by atoms with van der Waals surface area (Å²) in [4.78, 5) is 13.8. The minimum Gasteiger partial charge on any atom is -0.393 e. The molecule has 1 fully saturated rings. The van der Waals surface area contributed by atoms with Crippen molar-refractivity contribution in [3.8, 4) is 6.07 Å². The van der Waals surface area contributed by atoms with Gasteiger partial charge in [0.05, 0.1) is 0 Å². The van der Waals surface area contributed by atoms with E-state index in [1.165, 1.54) is 6.20 Å². The van der Waals surface area contributed by atoms with E-state index in [9.17, 15) is 4.79 Å². The minimum absolute atomic E-state index is 0.104. The lowest BCUT2D eigenvalue weighted by molar-refractivity contribution is -0.117. The minimum atomic E-state index is -0.322. The molecular formula is C11H19N5O. The van der Waals surface area contributed by atoms with E-state index < -0.39 is 0 Å². The topological polar surface area (TPSA) is 80.2 Å². The maximum Gasteiger partial charge on any atom is 0.263 e. The number of carbonyl (C=O) groups is 1. The Balaban J connectivity index is 2.23. The van der Waals surface area contributed by atoms with Crippen molar-refractivity contribution >= 4 is 5.91 Å². The first-order valence-electron chi connectivity index (χ1n) is 5.76. The predicted octanol–water partition coefficient (Wildman–Crippen LogP) is -1.37. The number of hydrogen-bond acceptors (Lipinski definition) is 5. The zero-order valence-electron chi connectivity index (χ0n) is 10.1. The molecule has 0 saturated carbocycles. The quantitative estimate of drug-likeness (QED) is 0.406. The highest BCUT2D eigenvalue weighted by molar-refractivity contribution is 5.97. The van der Waals surface area contributed by atoms with Crippen LogP contribution in [-0.4, -0.2) is 57.1 Å². The summed E-state index contributed by atoms with van der Waals surface area (Å²) in [7, 11) is 1.66. The Labute approximate surface area is 102 Å². The van der Waals surface area contributed by atoms with E-state index in [1.54, 1.807) is 7.05 Å². The highest BCUT2D eigenvalue weighted by atomic mass is 16.1. The summed E-state index contributed by atoms with van der Waals surface area (Å²) in [6.07, 6.45) is 1.40. The molecule has 1 rings (SSSR count). The molecule has 6 nitrogen and oxygen atoms in total. The van der Waals surface area contributed by atoms with E-state index in [2.05, 4.69) is 20.9 Å². The van der Waals surface area contributed by atoms with Gasteiger partial charge < -0.3 is 16.0 Å². The van der Waals surface area contributed by atoms with Gasteiger partial charge in [-0.2, -0.15) is 5.26 Å². The first kappa shape index (κ1) is 13.5. The number of nitriles is 1. The van der Waals surface area contributed by atoms with E-state index in [4.69, 9.17) is 5.26 Å². The zero-order valence-corrected chi connectivity index (χ0v) is 10.1. The fourth-order valence-electron chi connectivity index (χ4n) is 1.65. The molecule has 0 atom stereocenters. The second kappa shape index (κ2) is 7.65. The fourth-order valence-corrected chi connectivity index (χ4v) is 1.65. The summed E-state index contributed by atoms with van der Waals surface area (Å²) in [6.45, 7) is 5.40. The van der Waals surface area contributed by atoms with Gasteiger partial charge in [0.1, 0.15) is 11.6 Å². The van der Waals surface area contributed by atoms with Crippen LogP contribution in [0.5, 0.6) is 0 Å². The Hall–Kier alpha value is -1.58. The first-order chi connectivity index (χ1) is 8.27. The van der Waals surface area contributed by atoms with Crippen LogP contribution in [0.25, 0.3) is 0 Å². The Morgan fingerprint density at radius 1 is 1.53 bits per heavy atom. The Morgan fingerprint density at radius 3 is 2.82 bits per heavy atom. The summed E-state index contributed by atoms with van der Waals surface area (Å²) in [5.74, 6) is -0.322. The molecule has 0 unspecified atom stereocenters. The van der Waals surface area contributed by atoms with Crippen molar-refractivity contribution in [2.45, 2.75) is 0 Å². The molecule has 0 spiro atoms. The molecule has 1 aliphatic heterocycles. The summed E-state index contributed by atoms with van der Waals surface area (Å²) in [5, 5.41) is 17.4. The molecule has 1 saturated heterocycles. The van der Waals surface area contributed by atoms with Crippen LogP contribution in [0.15, 0.2) is 11.8 Å². The number of nitrogens with zero attached hydrogens (tertiary/aromatic N) is 2. The van der Waals surface area contributed by atoms with Gasteiger partial charge in [-0.05, 0) is 0 Å². The highest BCUT2D eigenvalue weighted by Gasteiger charge is 2.11. The molecule has 0 radical (unpaired) electrons. The van der Waals surface area contributed by atoms with Gasteiger partial charge >= 0.3 is 0 Å². The first-order valence-corrected chi connectivity index (χ1v) is 5.76. The van der Waals surface area contributed by atoms with Gasteiger partial charge in [0.15, 0.2) is 0 Å². The number of rotatable bonds is 5. The average Bonchev–Trinajstić information content (AvgIpc) is 2.37. The molecule has 3 N–H and O–H groups in total. The maximum absolute atomic E-state index is 11.5. The van der Waals surface area contributed by atoms with Gasteiger partial charge in [0, 0.05) is 52.5 Å². The van der Waals surface area contributed by atoms with Crippen LogP contribution >= 0.6 is 0 Å². The molecule has 6 heteroatoms. The highest BCUT2D eigenvalue weighted by Crippen LogP contribution is 1.92. The summed E-state index contributed by atoms with van der Waals surface area (Å²) < 4.78 is 0. The Bertz CT molecular complexity index is 314. The lowest BCUT2D eigenvalue weighted by Crippen LogP contribution is -2.46. The standard InChI is InChI=1S/C11H19N5O/c1-13-9-10(8-12)11(17)15-4-7-16-5-2-14-3-6-16/h9,13-14H,2-7H2,1H3,(H,15,17)/b10-9-. The fraction of sp³-hybridized carbons (Fsp3) is 0.636. The van der Waals surface area contributed by atoms with Gasteiger partial charge in [-0.1, -0.05) is 0 Å². The predicted molar refractivity (Wildman–Crippen MR) is 65.1 cm³/mol. The smallest absolute Gasteiger partial charge is 0.263 e. The van der Waals surface area contributed by atoms with Crippen molar-refractivity contribution in [1.29, 1.82) is 5.26 Å². The number of amides is 1. The van der Waals surface area contributed by atoms with Crippen LogP contribution in [-0.2, 0) is 4.79 Å². The van der Waals surface area contributed by atoms with Crippen LogP contribution in [0, 0.1) is 11.3 Å². The van der Waals surface area contributed by atoms with Crippen molar-refractivity contribution in [2.24, 2.45) is 0 Å². The van der Waals surface area contributed by atoms with Gasteiger partial charge in [0.25, 0.3) is 5.91 Å². The van der Waals surface area contributed by atoms with Crippen molar-refractivity contribution in [1.82, 2.24) is 20.9 Å². The summed E-state index contributed by atoms with van der Waals surface area (Å²) >= 11 is 0. The Kier molecular flexibility index (Phi) is 6.07. The molecule has 94 valence electrons. The second-order valence-corrected chi connectivity index (χ2v) is 3.81. The van der Waals surface area contributed by atoms with Crippen molar-refractivity contribution < 1.29 is 4.79 Å². The van der Waals surface area contributed by atoms with Crippen LogP contribution in [0.2, 0.25) is 0 Å². The van der Waals surface area contributed by atoms with Crippen LogP contribution in [0.4, 0.5) is 0 Å². The van der Waals surface area contributed by atoms with Crippen LogP contribution in [0.1, 0.15) is 0 Å². The monoisotopic (exact) mass is 237 g/mol. The van der Waals surface area contributed by atoms with Gasteiger partial charge in [-0.25, -0.2) is 0 Å². The second-order valence-electron chi connectivity index (χ2n) is 3.81. The number of hydrogen-bond donors (Lipinski definition) is 3. The van der Waals surface area contributed by atoms with Crippen LogP contribution in [0.3, 0.4) is 0 Å². The third-order valence-electron chi connectivity index (χ3n) is 2.58. The molecule has 0 aromatic heterocycles. The van der Waals surface area contributed by atoms with Crippen molar-refractivity contribution in [3.05, 3.63) is 11.8 Å². The largest absolute Gasteiger partial charge is 0.393 e. The van der Waals surface area contributed by atoms with E-state index in [-0.39, 0.29) is 11.5 Å². The van der Waals surface area contributed by atoms with Crippen LogP contribution < -0.4 is 16.0 Å². The molecule has 0 aromatic rings. The maximum atomic E-state index is 11.5. The molecule has 1 amide bonds. The van der Waals surface area contributed by atoms with E-state index in [0.29, 0.717) is 6.54 Å². The van der Waals surface area contributed by atoms with E-state index in [1.807, 2.05) is 6.07 Å². The molecule has 0 bridgehead atoms. The zero-order chi connectivity index (χ0) is 12.5. The van der Waals surface area contributed by atoms with E-state index >= 15 is 0 Å². The van der Waals surface area contributed by atoms with E-state index in [0.717, 1.165) is 32.7 Å². The third kappa shape index (κ3) is 4.85. The average molecular weight is 237 g/mol. The lowest BCUT2D eigenvalue weighted by atomic mass is 10.3. The summed E-state index contributed by atoms with van der Waals surface area (Å²) in [5.41, 5.74) is 0.104. The molecule has 1 aliphatic rings. The van der Waals surface area contributed by atoms with Gasteiger partial charge in [-0.3, -0.25) is 9.69 Å². The molecule has 1 heterocycles. The Morgan fingerprint density at radius 2 is 2.24 bits per heavy atom. The number of carbonyl (C=O) groups excluding carboxylic acids is 1. The molecule has 17 heavy (non-hydrogen) atoms. The molecule has 0 aromatic carbocycles. The molecule has 0 aliphatic carbocycles. The molecular weight excluding hydrogens is 218 g/mol. The van der Waals surface area contributed by atoms with Gasteiger partial charge in [0.2, 0.25) is 0 Å².